The van der Waals surface area contributed by atoms with Crippen LogP contribution >= 0.6 is 21.0 Å². The van der Waals surface area contributed by atoms with Crippen LogP contribution in [0.3, 0.4) is 0 Å². The summed E-state index contributed by atoms with van der Waals surface area (Å²) in [5.41, 5.74) is 1.06. The topological polar surface area (TPSA) is 0 Å². The molecule has 0 aliphatic heterocycles. The minimum absolute atomic E-state index is 1.06. The van der Waals surface area contributed by atoms with E-state index in [1.807, 2.05) is 5.41 Å². The second-order valence-corrected chi connectivity index (χ2v) is 2.50. The van der Waals surface area contributed by atoms with Crippen LogP contribution in [0.2, 0.25) is 0 Å². The Kier molecular flexibility index (Phi) is 4.99. The van der Waals surface area contributed by atoms with E-state index in [0.29, 0.717) is 0 Å². The molecule has 0 fully saturated rings. The number of hydrogen-bond acceptors (Lipinski definition) is 1. The van der Waals surface area contributed by atoms with Gasteiger partial charge in [0.05, 0.1) is 0 Å². The molecule has 0 aromatic rings. The van der Waals surface area contributed by atoms with Crippen molar-refractivity contribution in [2.45, 2.75) is 0 Å². The van der Waals surface area contributed by atoms with Gasteiger partial charge in [0.2, 0.25) is 0 Å². The van der Waals surface area contributed by atoms with E-state index in [2.05, 4.69) is 15.8 Å². The Balaban J connectivity index is 2.40. The van der Waals surface area contributed by atoms with Gasteiger partial charge in [-0.1, -0.05) is 6.58 Å². The molecule has 0 rings (SSSR count). The fourth-order valence-corrected chi connectivity index (χ4v) is 0.612. The van der Waals surface area contributed by atoms with Gasteiger partial charge in [-0.2, -0.15) is 0 Å². The Bertz CT molecular complexity index is 28.1. The Hall–Kier alpha value is 0.520. The lowest BCUT2D eigenvalue weighted by Crippen LogP contribution is -1.42. The first kappa shape index (κ1) is 5.52. The van der Waals surface area contributed by atoms with Gasteiger partial charge in [-0.25, -0.2) is 0 Å². The summed E-state index contributed by atoms with van der Waals surface area (Å²) in [7, 11) is 2.59. The average Bonchev–Trinajstić information content (AvgIpc) is 1.41. The molecule has 0 radical (unpaired) electrons. The van der Waals surface area contributed by atoms with E-state index in [1.165, 1.54) is 0 Å². The average molecular weight is 106 g/mol. The molecule has 0 aromatic carbocycles. The zero-order valence-electron chi connectivity index (χ0n) is 2.98. The smallest absolute Gasteiger partial charge is 0.0120 e. The molecule has 5 heavy (non-hydrogen) atoms. The van der Waals surface area contributed by atoms with Crippen LogP contribution in [-0.4, -0.2) is 5.49 Å². The summed E-state index contributed by atoms with van der Waals surface area (Å²) in [6.07, 6.45) is 0. The van der Waals surface area contributed by atoms with Crippen molar-refractivity contribution in [2.24, 2.45) is 0 Å². The zero-order chi connectivity index (χ0) is 4.12. The second kappa shape index (κ2) is 4.52. The summed E-state index contributed by atoms with van der Waals surface area (Å²) in [5, 5.41) is 1.83. The fourth-order valence-electron chi connectivity index (χ4n) is 0.0680. The molecule has 0 aliphatic carbocycles. The van der Waals surface area contributed by atoms with Gasteiger partial charge in [0.25, 0.3) is 0 Å². The first-order chi connectivity index (χ1) is 2.41. The van der Waals surface area contributed by atoms with Crippen LogP contribution in [0.5, 0.6) is 0 Å². The van der Waals surface area contributed by atoms with Crippen LogP contribution < -0.4 is 0 Å². The van der Waals surface area contributed by atoms with Gasteiger partial charge in [0.15, 0.2) is 0 Å². The second-order valence-electron chi connectivity index (χ2n) is 0.500. The Morgan fingerprint density at radius 2 is 2.60 bits per heavy atom. The van der Waals surface area contributed by atoms with Gasteiger partial charge in [-0.05, 0) is 5.41 Å². The van der Waals surface area contributed by atoms with Crippen LogP contribution in [0.25, 0.3) is 0 Å². The molecule has 0 heterocycles. The maximum atomic E-state index is 3.50. The lowest BCUT2D eigenvalue weighted by molar-refractivity contribution is 2.29. The van der Waals surface area contributed by atoms with E-state index < -0.39 is 0 Å². The molecule has 0 N–H and O–H groups in total. The summed E-state index contributed by atoms with van der Waals surface area (Å²) in [6, 6.07) is 0. The lowest BCUT2D eigenvalue weighted by Gasteiger charge is -1.73. The highest BCUT2D eigenvalue weighted by atomic mass is 32.2. The molecule has 0 amide bonds. The maximum absolute atomic E-state index is 3.50. The van der Waals surface area contributed by atoms with Crippen molar-refractivity contribution in [1.82, 2.24) is 0 Å². The highest BCUT2D eigenvalue weighted by Crippen LogP contribution is 2.02. The van der Waals surface area contributed by atoms with Crippen molar-refractivity contribution < 1.29 is 0 Å². The Labute approximate surface area is 39.2 Å². The van der Waals surface area contributed by atoms with E-state index in [9.17, 15) is 0 Å². The van der Waals surface area contributed by atoms with E-state index >= 15 is 0 Å². The van der Waals surface area contributed by atoms with Crippen molar-refractivity contribution >= 4 is 21.0 Å². The quantitative estimate of drug-likeness (QED) is 0.483. The third-order valence-electron chi connectivity index (χ3n) is 0.214. The van der Waals surface area contributed by atoms with Gasteiger partial charge >= 0.3 is 0 Å². The molecular weight excluding hydrogens is 99.1 g/mol. The van der Waals surface area contributed by atoms with Crippen LogP contribution in [0.1, 0.15) is 0 Å². The molecule has 0 nitrogen and oxygen atoms in total. The molecule has 2 heteroatoms. The van der Waals surface area contributed by atoms with Crippen LogP contribution in [-0.2, 0) is 0 Å². The summed E-state index contributed by atoms with van der Waals surface area (Å²) >= 11 is 1.69. The summed E-state index contributed by atoms with van der Waals surface area (Å²) < 4.78 is 0. The predicted molar refractivity (Wildman–Crippen MR) is 32.4 cm³/mol. The lowest BCUT2D eigenvalue weighted by atomic mass is 11.3. The molecule has 1 unspecified atom stereocenters. The first-order valence-electron chi connectivity index (χ1n) is 1.34. The molecule has 1 atom stereocenters. The molecule has 0 spiro atoms. The third-order valence-corrected chi connectivity index (χ3v) is 1.22. The van der Waals surface area contributed by atoms with Crippen LogP contribution in [0, 0.1) is 0 Å². The van der Waals surface area contributed by atoms with Crippen LogP contribution in [0.4, 0.5) is 0 Å². The largest absolute Gasteiger partial charge is 0.131 e. The minimum atomic E-state index is 1.06. The van der Waals surface area contributed by atoms with Gasteiger partial charge < -0.3 is 0 Å². The van der Waals surface area contributed by atoms with E-state index in [0.717, 1.165) is 5.49 Å². The molecule has 0 saturated carbocycles. The Morgan fingerprint density at radius 3 is 2.60 bits per heavy atom. The summed E-state index contributed by atoms with van der Waals surface area (Å²) in [6.45, 7) is 3.50. The molecule has 0 saturated heterocycles. The molecule has 0 aromatic heterocycles. The number of thioether (sulfide) groups is 1. The highest BCUT2D eigenvalue weighted by molar-refractivity contribution is 8.04. The molecule has 0 bridgehead atoms. The third kappa shape index (κ3) is 4.52. The fraction of sp³-hybridized carbons (Fsp3) is 0.333. The van der Waals surface area contributed by atoms with Crippen molar-refractivity contribution in [3.63, 3.8) is 0 Å². The standard InChI is InChI=1S/C3H7PS/c1-2-5-3-4/h2H,1,3-4H2. The summed E-state index contributed by atoms with van der Waals surface area (Å²) in [4.78, 5) is 0. The first-order valence-corrected chi connectivity index (χ1v) is 3.21. The molecule has 30 valence electrons. The highest BCUT2D eigenvalue weighted by Gasteiger charge is 1.60. The minimum Gasteiger partial charge on any atom is -0.131 e. The SMILES string of the molecule is C=CSCP. The van der Waals surface area contributed by atoms with Gasteiger partial charge in [0.1, 0.15) is 0 Å². The summed E-state index contributed by atoms with van der Waals surface area (Å²) in [5.74, 6) is 0. The number of rotatable bonds is 2. The number of hydrogen-bond donors (Lipinski definition) is 0. The van der Waals surface area contributed by atoms with E-state index in [-0.39, 0.29) is 0 Å². The van der Waals surface area contributed by atoms with Crippen molar-refractivity contribution in [2.75, 3.05) is 5.49 Å². The normalized spacial score (nSPS) is 7.40. The monoisotopic (exact) mass is 106 g/mol. The zero-order valence-corrected chi connectivity index (χ0v) is 4.95. The van der Waals surface area contributed by atoms with Crippen molar-refractivity contribution in [1.29, 1.82) is 0 Å². The molecule has 0 aliphatic rings. The van der Waals surface area contributed by atoms with Gasteiger partial charge in [-0.3, -0.25) is 0 Å². The van der Waals surface area contributed by atoms with Gasteiger partial charge in [-0.15, -0.1) is 21.0 Å². The van der Waals surface area contributed by atoms with Crippen molar-refractivity contribution in [3.05, 3.63) is 12.0 Å². The van der Waals surface area contributed by atoms with Crippen molar-refractivity contribution in [3.8, 4) is 0 Å². The van der Waals surface area contributed by atoms with Gasteiger partial charge in [0, 0.05) is 5.49 Å². The molecular formula is C3H7PS. The van der Waals surface area contributed by atoms with E-state index in [4.69, 9.17) is 0 Å². The predicted octanol–water partition coefficient (Wildman–Crippen LogP) is 1.70. The Morgan fingerprint density at radius 1 is 2.00 bits per heavy atom. The van der Waals surface area contributed by atoms with Crippen LogP contribution in [0.15, 0.2) is 12.0 Å². The maximum Gasteiger partial charge on any atom is 0.0120 e. The van der Waals surface area contributed by atoms with E-state index in [1.54, 1.807) is 11.8 Å².